The van der Waals surface area contributed by atoms with Crippen LogP contribution in [0.1, 0.15) is 49.2 Å². The van der Waals surface area contributed by atoms with Crippen LogP contribution in [0.15, 0.2) is 71.1 Å². The van der Waals surface area contributed by atoms with Crippen molar-refractivity contribution in [1.29, 1.82) is 0 Å². The fourth-order valence-corrected chi connectivity index (χ4v) is 4.35. The summed E-state index contributed by atoms with van der Waals surface area (Å²) in [5.41, 5.74) is 5.70. The number of hydrogen-bond acceptors (Lipinski definition) is 4. The highest BCUT2D eigenvalue weighted by Crippen LogP contribution is 2.30. The molecule has 4 aromatic rings. The molecule has 0 fully saturated rings. The monoisotopic (exact) mass is 454 g/mol. The fourth-order valence-electron chi connectivity index (χ4n) is 4.35. The number of hydrogen-bond donors (Lipinski definition) is 1. The van der Waals surface area contributed by atoms with E-state index in [9.17, 15) is 9.59 Å². The van der Waals surface area contributed by atoms with Gasteiger partial charge in [0.05, 0.1) is 12.2 Å². The van der Waals surface area contributed by atoms with Crippen LogP contribution in [-0.2, 0) is 19.5 Å². The standard InChI is InChI=1S/C27H26N4O3/c1-18-14-19(2)31(29-18)17-23-9-11-25(34-23)26(32)28-16-20-8-10-24-22(15-20)12-13-30(24)27(33)21-6-4-3-5-7-21/h3-11,14-15H,12-13,16-17H2,1-2H3,(H,28,32). The lowest BCUT2D eigenvalue weighted by molar-refractivity contribution is 0.0920. The highest BCUT2D eigenvalue weighted by molar-refractivity contribution is 6.07. The van der Waals surface area contributed by atoms with E-state index in [0.717, 1.165) is 34.6 Å². The highest BCUT2D eigenvalue weighted by atomic mass is 16.4. The molecule has 7 nitrogen and oxygen atoms in total. The van der Waals surface area contributed by atoms with Gasteiger partial charge in [-0.15, -0.1) is 0 Å². The quantitative estimate of drug-likeness (QED) is 0.472. The van der Waals surface area contributed by atoms with Gasteiger partial charge in [0.2, 0.25) is 0 Å². The number of furan rings is 1. The average Bonchev–Trinajstić information content (AvgIpc) is 3.56. The number of benzene rings is 2. The van der Waals surface area contributed by atoms with Gasteiger partial charge in [0, 0.05) is 30.0 Å². The number of rotatable bonds is 6. The molecule has 2 amide bonds. The minimum absolute atomic E-state index is 0.00879. The number of anilines is 1. The molecule has 0 spiro atoms. The van der Waals surface area contributed by atoms with E-state index in [4.69, 9.17) is 4.42 Å². The zero-order valence-electron chi connectivity index (χ0n) is 19.2. The third-order valence-corrected chi connectivity index (χ3v) is 6.05. The first kappa shape index (κ1) is 21.7. The molecular weight excluding hydrogens is 428 g/mol. The number of nitrogens with one attached hydrogen (secondary N) is 1. The molecule has 34 heavy (non-hydrogen) atoms. The average molecular weight is 455 g/mol. The summed E-state index contributed by atoms with van der Waals surface area (Å²) in [5.74, 6) is 0.699. The van der Waals surface area contributed by atoms with Crippen molar-refractivity contribution >= 4 is 17.5 Å². The van der Waals surface area contributed by atoms with Crippen molar-refractivity contribution < 1.29 is 14.0 Å². The summed E-state index contributed by atoms with van der Waals surface area (Å²) in [6.07, 6.45) is 0.795. The predicted octanol–water partition coefficient (Wildman–Crippen LogP) is 4.27. The highest BCUT2D eigenvalue weighted by Gasteiger charge is 2.25. The van der Waals surface area contributed by atoms with E-state index in [-0.39, 0.29) is 17.6 Å². The van der Waals surface area contributed by atoms with Gasteiger partial charge in [0.15, 0.2) is 5.76 Å². The van der Waals surface area contributed by atoms with E-state index in [2.05, 4.69) is 16.5 Å². The Labute approximate surface area is 198 Å². The Morgan fingerprint density at radius 3 is 2.62 bits per heavy atom. The lowest BCUT2D eigenvalue weighted by atomic mass is 10.1. The molecule has 2 aromatic heterocycles. The van der Waals surface area contributed by atoms with Gasteiger partial charge in [-0.1, -0.05) is 30.3 Å². The molecule has 1 N–H and O–H groups in total. The van der Waals surface area contributed by atoms with Gasteiger partial charge in [-0.25, -0.2) is 0 Å². The lowest BCUT2D eigenvalue weighted by Gasteiger charge is -2.17. The molecule has 2 aromatic carbocycles. The van der Waals surface area contributed by atoms with Gasteiger partial charge in [-0.3, -0.25) is 14.3 Å². The first-order valence-electron chi connectivity index (χ1n) is 11.3. The third-order valence-electron chi connectivity index (χ3n) is 6.05. The lowest BCUT2D eigenvalue weighted by Crippen LogP contribution is -2.28. The Kier molecular flexibility index (Phi) is 5.76. The zero-order valence-corrected chi connectivity index (χ0v) is 19.2. The summed E-state index contributed by atoms with van der Waals surface area (Å²) in [6.45, 7) is 5.46. The summed E-state index contributed by atoms with van der Waals surface area (Å²) < 4.78 is 7.59. The summed E-state index contributed by atoms with van der Waals surface area (Å²) in [7, 11) is 0. The van der Waals surface area contributed by atoms with Crippen LogP contribution in [0.4, 0.5) is 5.69 Å². The molecule has 5 rings (SSSR count). The largest absolute Gasteiger partial charge is 0.454 e. The number of aromatic nitrogens is 2. The van der Waals surface area contributed by atoms with Gasteiger partial charge in [-0.05, 0) is 67.8 Å². The van der Waals surface area contributed by atoms with Gasteiger partial charge in [-0.2, -0.15) is 5.10 Å². The van der Waals surface area contributed by atoms with Crippen molar-refractivity contribution in [3.63, 3.8) is 0 Å². The Bertz CT molecular complexity index is 1350. The second kappa shape index (κ2) is 9.02. The molecule has 3 heterocycles. The Hall–Kier alpha value is -4.13. The van der Waals surface area contributed by atoms with Crippen molar-refractivity contribution in [2.45, 2.75) is 33.4 Å². The van der Waals surface area contributed by atoms with Crippen molar-refractivity contribution in [3.05, 3.63) is 106 Å². The van der Waals surface area contributed by atoms with Crippen LogP contribution in [0.3, 0.4) is 0 Å². The first-order chi connectivity index (χ1) is 16.5. The maximum absolute atomic E-state index is 12.9. The predicted molar refractivity (Wildman–Crippen MR) is 129 cm³/mol. The molecule has 1 aliphatic heterocycles. The SMILES string of the molecule is Cc1cc(C)n(Cc2ccc(C(=O)NCc3ccc4c(c3)CCN4C(=O)c3ccccc3)o2)n1. The second-order valence-electron chi connectivity index (χ2n) is 8.57. The van der Waals surface area contributed by atoms with Crippen molar-refractivity contribution in [1.82, 2.24) is 15.1 Å². The summed E-state index contributed by atoms with van der Waals surface area (Å²) >= 11 is 0. The van der Waals surface area contributed by atoms with Crippen LogP contribution in [0.5, 0.6) is 0 Å². The first-order valence-corrected chi connectivity index (χ1v) is 11.3. The maximum Gasteiger partial charge on any atom is 0.287 e. The smallest absolute Gasteiger partial charge is 0.287 e. The molecule has 0 bridgehead atoms. The van der Waals surface area contributed by atoms with Gasteiger partial charge in [0.25, 0.3) is 11.8 Å². The van der Waals surface area contributed by atoms with Crippen LogP contribution < -0.4 is 10.2 Å². The molecule has 172 valence electrons. The third kappa shape index (κ3) is 4.37. The van der Waals surface area contributed by atoms with Crippen LogP contribution in [0, 0.1) is 13.8 Å². The summed E-state index contributed by atoms with van der Waals surface area (Å²) in [6, 6.07) is 20.8. The van der Waals surface area contributed by atoms with Gasteiger partial charge >= 0.3 is 0 Å². The molecule has 0 unspecified atom stereocenters. The Morgan fingerprint density at radius 1 is 1.03 bits per heavy atom. The summed E-state index contributed by atoms with van der Waals surface area (Å²) in [4.78, 5) is 27.3. The molecule has 7 heteroatoms. The van der Waals surface area contributed by atoms with E-state index in [1.54, 1.807) is 12.1 Å². The molecular formula is C27H26N4O3. The van der Waals surface area contributed by atoms with Crippen molar-refractivity contribution in [2.24, 2.45) is 0 Å². The van der Waals surface area contributed by atoms with Gasteiger partial charge < -0.3 is 14.6 Å². The number of fused-ring (bicyclic) bond motifs is 1. The zero-order chi connectivity index (χ0) is 23.7. The van der Waals surface area contributed by atoms with E-state index in [1.165, 1.54) is 0 Å². The molecule has 1 aliphatic rings. The molecule has 0 atom stereocenters. The second-order valence-corrected chi connectivity index (χ2v) is 8.57. The summed E-state index contributed by atoms with van der Waals surface area (Å²) in [5, 5.41) is 7.35. The Balaban J connectivity index is 1.21. The van der Waals surface area contributed by atoms with Crippen molar-refractivity contribution in [3.8, 4) is 0 Å². The van der Waals surface area contributed by atoms with Crippen LogP contribution in [0.2, 0.25) is 0 Å². The molecule has 0 aliphatic carbocycles. The topological polar surface area (TPSA) is 80.4 Å². The van der Waals surface area contributed by atoms with Crippen LogP contribution in [0.25, 0.3) is 0 Å². The molecule has 0 saturated heterocycles. The fraction of sp³-hybridized carbons (Fsp3) is 0.222. The van der Waals surface area contributed by atoms with Crippen LogP contribution in [-0.4, -0.2) is 28.1 Å². The number of amides is 2. The van der Waals surface area contributed by atoms with E-state index < -0.39 is 0 Å². The minimum Gasteiger partial charge on any atom is -0.454 e. The van der Waals surface area contributed by atoms with Gasteiger partial charge in [0.1, 0.15) is 5.76 Å². The Morgan fingerprint density at radius 2 is 1.85 bits per heavy atom. The van der Waals surface area contributed by atoms with E-state index in [0.29, 0.717) is 31.0 Å². The molecule has 0 saturated carbocycles. The normalized spacial score (nSPS) is 12.6. The molecule has 0 radical (unpaired) electrons. The number of aryl methyl sites for hydroxylation is 2. The minimum atomic E-state index is -0.263. The van der Waals surface area contributed by atoms with Crippen molar-refractivity contribution in [2.75, 3.05) is 11.4 Å². The number of nitrogens with zero attached hydrogens (tertiary/aromatic N) is 3. The number of carbonyl (C=O) groups excluding carboxylic acids is 2. The number of carbonyl (C=O) groups is 2. The maximum atomic E-state index is 12.9. The van der Waals surface area contributed by atoms with E-state index >= 15 is 0 Å². The van der Waals surface area contributed by atoms with Crippen LogP contribution >= 0.6 is 0 Å². The van der Waals surface area contributed by atoms with E-state index in [1.807, 2.05) is 72.0 Å².